The monoisotopic (exact) mass is 372 g/mol. The van der Waals surface area contributed by atoms with Gasteiger partial charge in [0.05, 0.1) is 5.69 Å². The summed E-state index contributed by atoms with van der Waals surface area (Å²) in [7, 11) is 0. The van der Waals surface area contributed by atoms with Crippen LogP contribution in [-0.2, 0) is 17.4 Å². The molecule has 0 aliphatic carbocycles. The van der Waals surface area contributed by atoms with Crippen molar-refractivity contribution in [3.05, 3.63) is 28.8 Å². The molecule has 1 amide bonds. The van der Waals surface area contributed by atoms with E-state index >= 15 is 0 Å². The third-order valence-corrected chi connectivity index (χ3v) is 4.65. The van der Waals surface area contributed by atoms with Crippen molar-refractivity contribution >= 4 is 5.91 Å². The van der Waals surface area contributed by atoms with Gasteiger partial charge >= 0.3 is 12.1 Å². The normalized spacial score (nSPS) is 16.3. The number of amides is 1. The molecule has 3 rings (SSSR count). The summed E-state index contributed by atoms with van der Waals surface area (Å²) in [6, 6.07) is 0. The average molecular weight is 372 g/mol. The lowest BCUT2D eigenvalue weighted by Gasteiger charge is -2.30. The van der Waals surface area contributed by atoms with Crippen LogP contribution in [0.5, 0.6) is 0 Å². The first-order valence-electron chi connectivity index (χ1n) is 8.36. The van der Waals surface area contributed by atoms with E-state index in [1.54, 1.807) is 4.90 Å². The summed E-state index contributed by atoms with van der Waals surface area (Å²) in [5, 5.41) is 10.4. The number of carbonyl (C=O) groups is 1. The Morgan fingerprint density at radius 3 is 2.46 bits per heavy atom. The molecular weight excluding hydrogens is 353 g/mol. The minimum Gasteiger partial charge on any atom is -0.417 e. The largest absolute Gasteiger partial charge is 0.470 e. The van der Waals surface area contributed by atoms with Crippen molar-refractivity contribution in [3.63, 3.8) is 0 Å². The zero-order valence-electron chi connectivity index (χ0n) is 14.5. The molecule has 3 heterocycles. The molecular formula is C16H19F3N4O3. The molecule has 1 aliphatic heterocycles. The van der Waals surface area contributed by atoms with Crippen molar-refractivity contribution in [1.29, 1.82) is 0 Å². The van der Waals surface area contributed by atoms with Crippen LogP contribution in [0.25, 0.3) is 0 Å². The van der Waals surface area contributed by atoms with E-state index in [2.05, 4.69) is 15.4 Å². The summed E-state index contributed by atoms with van der Waals surface area (Å²) in [5.41, 5.74) is 1.73. The Labute approximate surface area is 147 Å². The van der Waals surface area contributed by atoms with Gasteiger partial charge in [0.2, 0.25) is 11.8 Å². The lowest BCUT2D eigenvalue weighted by molar-refractivity contribution is -0.157. The molecule has 10 heteroatoms. The zero-order valence-corrected chi connectivity index (χ0v) is 14.5. The molecule has 2 aromatic rings. The van der Waals surface area contributed by atoms with E-state index in [9.17, 15) is 18.0 Å². The van der Waals surface area contributed by atoms with Gasteiger partial charge in [-0.05, 0) is 33.1 Å². The number of nitrogens with zero attached hydrogens (tertiary/aromatic N) is 4. The van der Waals surface area contributed by atoms with Crippen LogP contribution >= 0.6 is 0 Å². The second-order valence-corrected chi connectivity index (χ2v) is 6.40. The van der Waals surface area contributed by atoms with Crippen LogP contribution in [0.15, 0.2) is 8.94 Å². The Hall–Kier alpha value is -2.39. The molecule has 0 unspecified atom stereocenters. The highest BCUT2D eigenvalue weighted by Crippen LogP contribution is 2.32. The number of carbonyl (C=O) groups excluding carboxylic acids is 1. The lowest BCUT2D eigenvalue weighted by atomic mass is 9.96. The SMILES string of the molecule is Cc1noc(C)c1CCC(=O)N1CCC(c2nnc(C(F)(F)F)o2)CC1. The maximum absolute atomic E-state index is 12.5. The molecule has 142 valence electrons. The highest BCUT2D eigenvalue weighted by Gasteiger charge is 2.39. The third-order valence-electron chi connectivity index (χ3n) is 4.65. The maximum Gasteiger partial charge on any atom is 0.470 e. The summed E-state index contributed by atoms with van der Waals surface area (Å²) in [4.78, 5) is 14.1. The van der Waals surface area contributed by atoms with Gasteiger partial charge < -0.3 is 13.8 Å². The van der Waals surface area contributed by atoms with E-state index in [4.69, 9.17) is 8.94 Å². The van der Waals surface area contributed by atoms with Crippen LogP contribution < -0.4 is 0 Å². The number of hydrogen-bond donors (Lipinski definition) is 0. The first-order chi connectivity index (χ1) is 12.3. The second kappa shape index (κ2) is 7.08. The number of aromatic nitrogens is 3. The summed E-state index contributed by atoms with van der Waals surface area (Å²) in [6.45, 7) is 4.55. The third kappa shape index (κ3) is 3.88. The van der Waals surface area contributed by atoms with E-state index in [-0.39, 0.29) is 17.7 Å². The summed E-state index contributed by atoms with van der Waals surface area (Å²) >= 11 is 0. The van der Waals surface area contributed by atoms with Gasteiger partial charge in [-0.25, -0.2) is 0 Å². The van der Waals surface area contributed by atoms with E-state index in [0.717, 1.165) is 11.3 Å². The number of alkyl halides is 3. The van der Waals surface area contributed by atoms with Gasteiger partial charge in [0.1, 0.15) is 5.76 Å². The van der Waals surface area contributed by atoms with Crippen LogP contribution in [-0.4, -0.2) is 39.3 Å². The zero-order chi connectivity index (χ0) is 18.9. The standard InChI is InChI=1S/C16H19F3N4O3/c1-9-12(10(2)26-22-9)3-4-13(24)23-7-5-11(6-8-23)14-20-21-15(25-14)16(17,18)19/h11H,3-8H2,1-2H3. The van der Waals surface area contributed by atoms with Crippen molar-refractivity contribution in [2.45, 2.75) is 51.6 Å². The summed E-state index contributed by atoms with van der Waals surface area (Å²) in [5.74, 6) is -0.883. The van der Waals surface area contributed by atoms with Crippen LogP contribution in [0, 0.1) is 13.8 Å². The molecule has 0 aromatic carbocycles. The van der Waals surface area contributed by atoms with Gasteiger partial charge in [-0.2, -0.15) is 13.2 Å². The average Bonchev–Trinajstić information content (AvgIpc) is 3.21. The smallest absolute Gasteiger partial charge is 0.417 e. The molecule has 0 radical (unpaired) electrons. The Bertz CT molecular complexity index is 757. The van der Waals surface area contributed by atoms with Gasteiger partial charge in [0, 0.05) is 31.0 Å². The summed E-state index contributed by atoms with van der Waals surface area (Å²) in [6.07, 6.45) is -2.75. The van der Waals surface area contributed by atoms with E-state index in [1.165, 1.54) is 0 Å². The molecule has 0 N–H and O–H groups in total. The Morgan fingerprint density at radius 2 is 1.92 bits per heavy atom. The Kier molecular flexibility index (Phi) is 5.01. The van der Waals surface area contributed by atoms with Gasteiger partial charge in [-0.1, -0.05) is 5.16 Å². The number of rotatable bonds is 4. The number of aryl methyl sites for hydroxylation is 2. The molecule has 1 fully saturated rings. The highest BCUT2D eigenvalue weighted by atomic mass is 19.4. The highest BCUT2D eigenvalue weighted by molar-refractivity contribution is 5.76. The van der Waals surface area contributed by atoms with Gasteiger partial charge in [-0.3, -0.25) is 4.79 Å². The van der Waals surface area contributed by atoms with Gasteiger partial charge in [0.15, 0.2) is 0 Å². The number of piperidine rings is 1. The van der Waals surface area contributed by atoms with E-state index in [1.807, 2.05) is 13.8 Å². The van der Waals surface area contributed by atoms with Gasteiger partial charge in [-0.15, -0.1) is 10.2 Å². The first kappa shape index (κ1) is 18.4. The number of halogens is 3. The van der Waals surface area contributed by atoms with Crippen molar-refractivity contribution in [1.82, 2.24) is 20.3 Å². The topological polar surface area (TPSA) is 85.3 Å². The fraction of sp³-hybridized carbons (Fsp3) is 0.625. The van der Waals surface area contributed by atoms with Crippen LogP contribution in [0.1, 0.15) is 54.0 Å². The second-order valence-electron chi connectivity index (χ2n) is 6.40. The number of hydrogen-bond acceptors (Lipinski definition) is 6. The molecule has 2 aromatic heterocycles. The van der Waals surface area contributed by atoms with E-state index < -0.39 is 12.1 Å². The van der Waals surface area contributed by atoms with Crippen LogP contribution in [0.3, 0.4) is 0 Å². The maximum atomic E-state index is 12.5. The number of likely N-dealkylation sites (tertiary alicyclic amines) is 1. The Morgan fingerprint density at radius 1 is 1.23 bits per heavy atom. The summed E-state index contributed by atoms with van der Waals surface area (Å²) < 4.78 is 47.4. The fourth-order valence-corrected chi connectivity index (χ4v) is 3.14. The minimum atomic E-state index is -4.64. The predicted octanol–water partition coefficient (Wildman–Crippen LogP) is 3.03. The van der Waals surface area contributed by atoms with Crippen LogP contribution in [0.2, 0.25) is 0 Å². The Balaban J connectivity index is 1.52. The molecule has 0 spiro atoms. The quantitative estimate of drug-likeness (QED) is 0.820. The van der Waals surface area contributed by atoms with Crippen molar-refractivity contribution in [3.8, 4) is 0 Å². The molecule has 0 saturated carbocycles. The first-order valence-corrected chi connectivity index (χ1v) is 8.36. The van der Waals surface area contributed by atoms with Crippen molar-refractivity contribution in [2.24, 2.45) is 0 Å². The van der Waals surface area contributed by atoms with Gasteiger partial charge in [0.25, 0.3) is 0 Å². The molecule has 26 heavy (non-hydrogen) atoms. The molecule has 1 saturated heterocycles. The van der Waals surface area contributed by atoms with Crippen molar-refractivity contribution < 1.29 is 26.9 Å². The molecule has 1 aliphatic rings. The fourth-order valence-electron chi connectivity index (χ4n) is 3.14. The molecule has 0 atom stereocenters. The molecule has 0 bridgehead atoms. The van der Waals surface area contributed by atoms with E-state index in [0.29, 0.717) is 44.5 Å². The predicted molar refractivity (Wildman–Crippen MR) is 82.2 cm³/mol. The van der Waals surface area contributed by atoms with Crippen LogP contribution in [0.4, 0.5) is 13.2 Å². The lowest BCUT2D eigenvalue weighted by Crippen LogP contribution is -2.38. The van der Waals surface area contributed by atoms with Crippen molar-refractivity contribution in [2.75, 3.05) is 13.1 Å². The molecule has 7 nitrogen and oxygen atoms in total. The minimum absolute atomic E-state index is 0.00459.